The third-order valence-corrected chi connectivity index (χ3v) is 8.17. The Hall–Kier alpha value is -2.98. The van der Waals surface area contributed by atoms with E-state index in [1.165, 1.54) is 34.1 Å². The largest absolute Gasteiger partial charge is 0.341 e. The van der Waals surface area contributed by atoms with E-state index in [1.807, 2.05) is 30.3 Å². The maximum atomic E-state index is 13.4. The first-order valence-electron chi connectivity index (χ1n) is 10.3. The van der Waals surface area contributed by atoms with Gasteiger partial charge in [-0.2, -0.15) is 0 Å². The van der Waals surface area contributed by atoms with Crippen LogP contribution in [0, 0.1) is 5.82 Å². The molecule has 1 saturated heterocycles. The Kier molecular flexibility index (Phi) is 6.66. The van der Waals surface area contributed by atoms with Gasteiger partial charge >= 0.3 is 0 Å². The molecule has 1 unspecified atom stereocenters. The van der Waals surface area contributed by atoms with Crippen molar-refractivity contribution in [1.82, 2.24) is 4.90 Å². The quantitative estimate of drug-likeness (QED) is 0.606. The second-order valence-corrected chi connectivity index (χ2v) is 11.0. The Labute approximate surface area is 195 Å². The van der Waals surface area contributed by atoms with Gasteiger partial charge in [0.05, 0.1) is 22.9 Å². The van der Waals surface area contributed by atoms with Crippen molar-refractivity contribution in [2.24, 2.45) is 4.99 Å². The van der Waals surface area contributed by atoms with Gasteiger partial charge in [-0.15, -0.1) is 0 Å². The molecule has 1 fully saturated rings. The lowest BCUT2D eigenvalue weighted by Crippen LogP contribution is -2.39. The van der Waals surface area contributed by atoms with E-state index >= 15 is 0 Å². The molecule has 2 aliphatic heterocycles. The van der Waals surface area contributed by atoms with E-state index in [2.05, 4.69) is 4.99 Å². The molecule has 10 heteroatoms. The molecule has 2 aromatic rings. The maximum Gasteiger partial charge on any atom is 0.283 e. The first kappa shape index (κ1) is 23.2. The topological polar surface area (TPSA) is 87.1 Å². The Bertz CT molecular complexity index is 1230. The van der Waals surface area contributed by atoms with Crippen molar-refractivity contribution in [3.05, 3.63) is 71.7 Å². The average molecular weight is 488 g/mol. The molecular weight excluding hydrogens is 465 g/mol. The number of anilines is 1. The zero-order valence-electron chi connectivity index (χ0n) is 17.8. The van der Waals surface area contributed by atoms with Gasteiger partial charge < -0.3 is 4.90 Å². The summed E-state index contributed by atoms with van der Waals surface area (Å²) in [6.07, 6.45) is 2.07. The van der Waals surface area contributed by atoms with Gasteiger partial charge in [0.15, 0.2) is 15.0 Å². The minimum atomic E-state index is -3.11. The SMILES string of the molecule is CN(C(=O)CSC1=NC(=Cc2ccccc2)C(=O)N1c1ccc(F)cc1)C1CCS(=O)(=O)C1. The van der Waals surface area contributed by atoms with Crippen LogP contribution in [-0.4, -0.2) is 60.6 Å². The van der Waals surface area contributed by atoms with Crippen LogP contribution in [0.4, 0.5) is 10.1 Å². The van der Waals surface area contributed by atoms with E-state index < -0.39 is 15.7 Å². The first-order valence-corrected chi connectivity index (χ1v) is 13.1. The Morgan fingerprint density at radius 2 is 1.91 bits per heavy atom. The summed E-state index contributed by atoms with van der Waals surface area (Å²) in [7, 11) is -1.52. The van der Waals surface area contributed by atoms with Gasteiger partial charge in [-0.1, -0.05) is 42.1 Å². The van der Waals surface area contributed by atoms with E-state index in [0.717, 1.165) is 17.3 Å². The van der Waals surface area contributed by atoms with Gasteiger partial charge in [-0.05, 0) is 42.3 Å². The van der Waals surface area contributed by atoms with Crippen molar-refractivity contribution in [1.29, 1.82) is 0 Å². The number of rotatable bonds is 5. The summed E-state index contributed by atoms with van der Waals surface area (Å²) in [5.74, 6) is -1.04. The van der Waals surface area contributed by atoms with Gasteiger partial charge in [0.25, 0.3) is 5.91 Å². The van der Waals surface area contributed by atoms with Crippen LogP contribution in [0.1, 0.15) is 12.0 Å². The summed E-state index contributed by atoms with van der Waals surface area (Å²) in [6.45, 7) is 0. The van der Waals surface area contributed by atoms with Crippen molar-refractivity contribution >= 4 is 50.3 Å². The molecule has 172 valence electrons. The third-order valence-electron chi connectivity index (χ3n) is 5.49. The molecule has 33 heavy (non-hydrogen) atoms. The summed E-state index contributed by atoms with van der Waals surface area (Å²) < 4.78 is 36.9. The zero-order valence-corrected chi connectivity index (χ0v) is 19.5. The van der Waals surface area contributed by atoms with Crippen LogP contribution in [0.25, 0.3) is 6.08 Å². The molecule has 2 heterocycles. The summed E-state index contributed by atoms with van der Waals surface area (Å²) in [5.41, 5.74) is 1.44. The van der Waals surface area contributed by atoms with E-state index in [-0.39, 0.29) is 40.8 Å². The monoisotopic (exact) mass is 487 g/mol. The lowest BCUT2D eigenvalue weighted by Gasteiger charge is -2.24. The minimum Gasteiger partial charge on any atom is -0.341 e. The Morgan fingerprint density at radius 3 is 2.55 bits per heavy atom. The molecule has 4 rings (SSSR count). The van der Waals surface area contributed by atoms with E-state index in [0.29, 0.717) is 17.3 Å². The number of nitrogens with zero attached hydrogens (tertiary/aromatic N) is 3. The molecule has 0 spiro atoms. The number of benzene rings is 2. The van der Waals surface area contributed by atoms with Crippen molar-refractivity contribution in [3.8, 4) is 0 Å². The smallest absolute Gasteiger partial charge is 0.283 e. The van der Waals surface area contributed by atoms with Crippen LogP contribution in [0.15, 0.2) is 65.3 Å². The van der Waals surface area contributed by atoms with Gasteiger partial charge in [0, 0.05) is 13.1 Å². The molecule has 0 aromatic heterocycles. The summed E-state index contributed by atoms with van der Waals surface area (Å²) >= 11 is 1.08. The molecule has 0 N–H and O–H groups in total. The molecule has 0 aliphatic carbocycles. The van der Waals surface area contributed by atoms with Crippen molar-refractivity contribution in [3.63, 3.8) is 0 Å². The highest BCUT2D eigenvalue weighted by Gasteiger charge is 2.35. The Balaban J connectivity index is 1.55. The highest BCUT2D eigenvalue weighted by atomic mass is 32.2. The van der Waals surface area contributed by atoms with Gasteiger partial charge in [0.2, 0.25) is 5.91 Å². The lowest BCUT2D eigenvalue weighted by atomic mass is 10.2. The normalized spacial score (nSPS) is 20.8. The highest BCUT2D eigenvalue weighted by Crippen LogP contribution is 2.30. The number of hydrogen-bond donors (Lipinski definition) is 0. The zero-order chi connectivity index (χ0) is 23.6. The standard InChI is InChI=1S/C23H22FN3O4S2/c1-26(19-11-12-33(30,31)15-19)21(28)14-32-23-25-20(13-16-5-3-2-4-6-16)22(29)27(23)18-9-7-17(24)8-10-18/h2-10,13,19H,11-12,14-15H2,1H3. The number of halogens is 1. The fourth-order valence-electron chi connectivity index (χ4n) is 3.63. The van der Waals surface area contributed by atoms with E-state index in [1.54, 1.807) is 13.1 Å². The van der Waals surface area contributed by atoms with Crippen LogP contribution in [-0.2, 0) is 19.4 Å². The molecule has 2 aromatic carbocycles. The second kappa shape index (κ2) is 9.48. The van der Waals surface area contributed by atoms with Gasteiger partial charge in [0.1, 0.15) is 11.5 Å². The third kappa shape index (κ3) is 5.33. The highest BCUT2D eigenvalue weighted by molar-refractivity contribution is 8.14. The van der Waals surface area contributed by atoms with Crippen LogP contribution in [0.5, 0.6) is 0 Å². The number of sulfone groups is 1. The maximum absolute atomic E-state index is 13.4. The number of amidine groups is 1. The lowest BCUT2D eigenvalue weighted by molar-refractivity contribution is -0.128. The number of hydrogen-bond acceptors (Lipinski definition) is 6. The van der Waals surface area contributed by atoms with E-state index in [9.17, 15) is 22.4 Å². The Morgan fingerprint density at radius 1 is 1.21 bits per heavy atom. The van der Waals surface area contributed by atoms with Crippen molar-refractivity contribution in [2.75, 3.05) is 29.2 Å². The fraction of sp³-hybridized carbons (Fsp3) is 0.261. The van der Waals surface area contributed by atoms with Crippen LogP contribution in [0.3, 0.4) is 0 Å². The predicted octanol–water partition coefficient (Wildman–Crippen LogP) is 2.95. The van der Waals surface area contributed by atoms with Crippen molar-refractivity contribution < 1.29 is 22.4 Å². The number of aliphatic imine (C=N–C) groups is 1. The second-order valence-electron chi connectivity index (χ2n) is 7.80. The summed E-state index contributed by atoms with van der Waals surface area (Å²) in [6, 6.07) is 14.4. The number of thioether (sulfide) groups is 1. The molecule has 2 aliphatic rings. The first-order chi connectivity index (χ1) is 15.7. The number of carbonyl (C=O) groups is 2. The molecule has 1 atom stereocenters. The molecular formula is C23H22FN3O4S2. The van der Waals surface area contributed by atoms with Crippen LogP contribution in [0.2, 0.25) is 0 Å². The molecule has 0 bridgehead atoms. The number of amides is 2. The summed E-state index contributed by atoms with van der Waals surface area (Å²) in [5, 5.41) is 0.301. The molecule has 0 saturated carbocycles. The van der Waals surface area contributed by atoms with Crippen LogP contribution < -0.4 is 4.90 Å². The minimum absolute atomic E-state index is 0.0184. The predicted molar refractivity (Wildman–Crippen MR) is 128 cm³/mol. The van der Waals surface area contributed by atoms with Gasteiger partial charge in [-0.25, -0.2) is 17.8 Å². The van der Waals surface area contributed by atoms with Gasteiger partial charge in [-0.3, -0.25) is 14.5 Å². The number of carbonyl (C=O) groups excluding carboxylic acids is 2. The molecule has 7 nitrogen and oxygen atoms in total. The molecule has 2 amide bonds. The summed E-state index contributed by atoms with van der Waals surface area (Å²) in [4.78, 5) is 33.1. The molecule has 0 radical (unpaired) electrons. The van der Waals surface area contributed by atoms with E-state index in [4.69, 9.17) is 0 Å². The van der Waals surface area contributed by atoms with Crippen molar-refractivity contribution in [2.45, 2.75) is 12.5 Å². The van der Waals surface area contributed by atoms with Crippen LogP contribution >= 0.6 is 11.8 Å². The fourth-order valence-corrected chi connectivity index (χ4v) is 6.34. The average Bonchev–Trinajstić information content (AvgIpc) is 3.31.